The maximum Gasteiger partial charge on any atom is 0.407 e. The van der Waals surface area contributed by atoms with Crippen LogP contribution >= 0.6 is 11.8 Å². The third-order valence-corrected chi connectivity index (χ3v) is 5.47. The van der Waals surface area contributed by atoms with Gasteiger partial charge in [0.1, 0.15) is 19.0 Å². The van der Waals surface area contributed by atoms with Crippen LogP contribution in [0.1, 0.15) is 59.3 Å². The quantitative estimate of drug-likeness (QED) is 0.318. The standard InChI is InChI=1S/C19H33NO7S.C2H6/c1-15(21)3-8-18(22)26-13-11-24-9-10-25-12-14-27-19(23)20-16-4-6-17(28-2)7-5-16;1-2/h16-17H,3-14H2,1-2H3,(H,20,23);1-2H3. The number of rotatable bonds is 14. The Bertz CT molecular complexity index is 468. The number of amides is 1. The number of carbonyl (C=O) groups excluding carboxylic acids is 3. The van der Waals surface area contributed by atoms with Crippen molar-refractivity contribution in [3.05, 3.63) is 0 Å². The second kappa shape index (κ2) is 19.6. The van der Waals surface area contributed by atoms with Gasteiger partial charge in [-0.2, -0.15) is 11.8 Å². The van der Waals surface area contributed by atoms with Crippen LogP contribution in [-0.4, -0.2) is 75.0 Å². The molecule has 1 N–H and O–H groups in total. The monoisotopic (exact) mass is 449 g/mol. The molecule has 0 aromatic heterocycles. The zero-order chi connectivity index (χ0) is 22.6. The molecule has 1 saturated carbocycles. The van der Waals surface area contributed by atoms with E-state index < -0.39 is 5.97 Å². The lowest BCUT2D eigenvalue weighted by Gasteiger charge is -2.27. The van der Waals surface area contributed by atoms with Crippen molar-refractivity contribution in [3.8, 4) is 0 Å². The van der Waals surface area contributed by atoms with Gasteiger partial charge in [0.2, 0.25) is 0 Å². The van der Waals surface area contributed by atoms with Crippen LogP contribution in [0.3, 0.4) is 0 Å². The summed E-state index contributed by atoms with van der Waals surface area (Å²) in [5, 5.41) is 3.61. The fourth-order valence-corrected chi connectivity index (χ4v) is 3.47. The van der Waals surface area contributed by atoms with Gasteiger partial charge in [-0.1, -0.05) is 13.8 Å². The Morgan fingerprint density at radius 1 is 0.833 bits per heavy atom. The normalized spacial score (nSPS) is 18.0. The number of ketones is 1. The van der Waals surface area contributed by atoms with Crippen LogP contribution in [0.5, 0.6) is 0 Å². The number of nitrogens with one attached hydrogen (secondary N) is 1. The van der Waals surface area contributed by atoms with Gasteiger partial charge in [0.05, 0.1) is 32.8 Å². The van der Waals surface area contributed by atoms with Gasteiger partial charge in [-0.05, 0) is 38.9 Å². The number of thioether (sulfide) groups is 1. The first-order chi connectivity index (χ1) is 14.5. The molecule has 0 aromatic rings. The van der Waals surface area contributed by atoms with Crippen LogP contribution in [0.4, 0.5) is 4.79 Å². The molecule has 8 nitrogen and oxygen atoms in total. The molecule has 0 unspecified atom stereocenters. The Kier molecular flexibility index (Phi) is 18.8. The first kappa shape index (κ1) is 28.7. The fraction of sp³-hybridized carbons (Fsp3) is 0.857. The molecule has 0 atom stereocenters. The summed E-state index contributed by atoms with van der Waals surface area (Å²) < 4.78 is 20.6. The van der Waals surface area contributed by atoms with Crippen molar-refractivity contribution in [2.45, 2.75) is 70.6 Å². The molecule has 9 heteroatoms. The van der Waals surface area contributed by atoms with E-state index in [0.717, 1.165) is 25.7 Å². The van der Waals surface area contributed by atoms with Crippen molar-refractivity contribution >= 4 is 29.6 Å². The highest BCUT2D eigenvalue weighted by Gasteiger charge is 2.22. The lowest BCUT2D eigenvalue weighted by atomic mass is 9.95. The van der Waals surface area contributed by atoms with Crippen molar-refractivity contribution in [2.24, 2.45) is 0 Å². The molecule has 1 rings (SSSR count). The average Bonchev–Trinajstić information content (AvgIpc) is 2.75. The van der Waals surface area contributed by atoms with E-state index >= 15 is 0 Å². The zero-order valence-electron chi connectivity index (χ0n) is 18.9. The molecule has 1 amide bonds. The molecule has 0 bridgehead atoms. The van der Waals surface area contributed by atoms with E-state index in [1.807, 2.05) is 25.6 Å². The van der Waals surface area contributed by atoms with E-state index in [1.54, 1.807) is 0 Å². The molecular weight excluding hydrogens is 410 g/mol. The number of esters is 1. The highest BCUT2D eigenvalue weighted by atomic mass is 32.2. The molecular formula is C21H39NO7S. The predicted molar refractivity (Wildman–Crippen MR) is 118 cm³/mol. The summed E-state index contributed by atoms with van der Waals surface area (Å²) in [6.45, 7) is 7.07. The molecule has 0 radical (unpaired) electrons. The molecule has 30 heavy (non-hydrogen) atoms. The second-order valence-corrected chi connectivity index (χ2v) is 7.77. The lowest BCUT2D eigenvalue weighted by Crippen LogP contribution is -2.38. The summed E-state index contributed by atoms with van der Waals surface area (Å²) in [6, 6.07) is 0.210. The maximum absolute atomic E-state index is 11.7. The van der Waals surface area contributed by atoms with Crippen LogP contribution < -0.4 is 5.32 Å². The Hall–Kier alpha value is -1.32. The van der Waals surface area contributed by atoms with Gasteiger partial charge >= 0.3 is 12.1 Å². The topological polar surface area (TPSA) is 100 Å². The molecule has 1 aliphatic rings. The average molecular weight is 450 g/mol. The van der Waals surface area contributed by atoms with Gasteiger partial charge < -0.3 is 29.1 Å². The lowest BCUT2D eigenvalue weighted by molar-refractivity contribution is -0.146. The highest BCUT2D eigenvalue weighted by Crippen LogP contribution is 2.26. The largest absolute Gasteiger partial charge is 0.463 e. The summed E-state index contributed by atoms with van der Waals surface area (Å²) in [5.74, 6) is -0.437. The molecule has 0 spiro atoms. The summed E-state index contributed by atoms with van der Waals surface area (Å²) in [7, 11) is 0. The predicted octanol–water partition coefficient (Wildman–Crippen LogP) is 3.36. The molecule has 0 heterocycles. The molecule has 0 aromatic carbocycles. The van der Waals surface area contributed by atoms with Crippen molar-refractivity contribution < 1.29 is 33.3 Å². The second-order valence-electron chi connectivity index (χ2n) is 6.64. The minimum absolute atomic E-state index is 0.0369. The van der Waals surface area contributed by atoms with E-state index in [0.29, 0.717) is 25.1 Å². The Labute approximate surface area is 185 Å². The Morgan fingerprint density at radius 2 is 1.37 bits per heavy atom. The van der Waals surface area contributed by atoms with Crippen molar-refractivity contribution in [1.29, 1.82) is 0 Å². The molecule has 0 aliphatic heterocycles. The van der Waals surface area contributed by atoms with Crippen LogP contribution in [0, 0.1) is 0 Å². The summed E-state index contributed by atoms with van der Waals surface area (Å²) in [5.41, 5.74) is 0. The van der Waals surface area contributed by atoms with Crippen molar-refractivity contribution in [2.75, 3.05) is 45.9 Å². The smallest absolute Gasteiger partial charge is 0.407 e. The van der Waals surface area contributed by atoms with Crippen LogP contribution in [0.2, 0.25) is 0 Å². The fourth-order valence-electron chi connectivity index (χ4n) is 2.73. The number of hydrogen-bond donors (Lipinski definition) is 1. The molecule has 1 fully saturated rings. The van der Waals surface area contributed by atoms with Crippen LogP contribution in [0.25, 0.3) is 0 Å². The number of carbonyl (C=O) groups is 3. The highest BCUT2D eigenvalue weighted by molar-refractivity contribution is 7.99. The van der Waals surface area contributed by atoms with E-state index in [9.17, 15) is 14.4 Å². The van der Waals surface area contributed by atoms with E-state index in [4.69, 9.17) is 18.9 Å². The molecule has 176 valence electrons. The zero-order valence-corrected chi connectivity index (χ0v) is 19.7. The maximum atomic E-state index is 11.7. The van der Waals surface area contributed by atoms with E-state index in [2.05, 4.69) is 11.6 Å². The third kappa shape index (κ3) is 16.5. The number of ether oxygens (including phenoxy) is 4. The first-order valence-electron chi connectivity index (χ1n) is 10.8. The minimum atomic E-state index is -0.400. The summed E-state index contributed by atoms with van der Waals surface area (Å²) in [6.07, 6.45) is 6.31. The number of alkyl carbamates (subject to hydrolysis) is 1. The molecule has 0 saturated heterocycles. The van der Waals surface area contributed by atoms with Gasteiger partial charge in [0, 0.05) is 17.7 Å². The van der Waals surface area contributed by atoms with E-state index in [-0.39, 0.29) is 50.6 Å². The van der Waals surface area contributed by atoms with E-state index in [1.165, 1.54) is 6.92 Å². The van der Waals surface area contributed by atoms with Crippen molar-refractivity contribution in [1.82, 2.24) is 5.32 Å². The minimum Gasteiger partial charge on any atom is -0.463 e. The first-order valence-corrected chi connectivity index (χ1v) is 12.1. The number of hydrogen-bond acceptors (Lipinski definition) is 8. The Balaban J connectivity index is 0.00000407. The third-order valence-electron chi connectivity index (χ3n) is 4.33. The van der Waals surface area contributed by atoms with Crippen molar-refractivity contribution in [3.63, 3.8) is 0 Å². The summed E-state index contributed by atoms with van der Waals surface area (Å²) >= 11 is 1.89. The SMILES string of the molecule is CC.CSC1CCC(NC(=O)OCCOCCOCCOC(=O)CCC(C)=O)CC1. The number of Topliss-reactive ketones (excluding diaryl/α,β-unsaturated/α-hetero) is 1. The van der Waals surface area contributed by atoms with Gasteiger partial charge in [-0.25, -0.2) is 4.79 Å². The van der Waals surface area contributed by atoms with Gasteiger partial charge in [0.25, 0.3) is 0 Å². The molecule has 1 aliphatic carbocycles. The van der Waals surface area contributed by atoms with Gasteiger partial charge in [-0.3, -0.25) is 4.79 Å². The Morgan fingerprint density at radius 3 is 1.90 bits per heavy atom. The van der Waals surface area contributed by atoms with Gasteiger partial charge in [0.15, 0.2) is 0 Å². The van der Waals surface area contributed by atoms with Crippen LogP contribution in [0.15, 0.2) is 0 Å². The van der Waals surface area contributed by atoms with Crippen LogP contribution in [-0.2, 0) is 28.5 Å². The summed E-state index contributed by atoms with van der Waals surface area (Å²) in [4.78, 5) is 33.7. The van der Waals surface area contributed by atoms with Gasteiger partial charge in [-0.15, -0.1) is 0 Å².